The third-order valence-electron chi connectivity index (χ3n) is 2.85. The van der Waals surface area contributed by atoms with Crippen LogP contribution in [0.3, 0.4) is 0 Å². The number of nitrogens with zero attached hydrogens (tertiary/aromatic N) is 3. The highest BCUT2D eigenvalue weighted by atomic mass is 16.3. The number of furan rings is 1. The molecule has 3 heterocycles. The van der Waals surface area contributed by atoms with Crippen LogP contribution in [0.4, 0.5) is 0 Å². The molecule has 6 nitrogen and oxygen atoms in total. The van der Waals surface area contributed by atoms with E-state index < -0.39 is 0 Å². The van der Waals surface area contributed by atoms with Crippen molar-refractivity contribution in [3.8, 4) is 11.5 Å². The van der Waals surface area contributed by atoms with Crippen molar-refractivity contribution in [3.05, 3.63) is 66.6 Å². The molecule has 6 heteroatoms. The van der Waals surface area contributed by atoms with E-state index in [-0.39, 0.29) is 11.6 Å². The lowest BCUT2D eigenvalue weighted by Crippen LogP contribution is -2.23. The van der Waals surface area contributed by atoms with Gasteiger partial charge < -0.3 is 9.73 Å². The Hall–Kier alpha value is -3.02. The molecule has 0 radical (unpaired) electrons. The molecule has 3 aromatic rings. The third kappa shape index (κ3) is 3.11. The molecule has 0 aromatic carbocycles. The third-order valence-corrected chi connectivity index (χ3v) is 2.85. The molecule has 1 N–H and O–H groups in total. The van der Waals surface area contributed by atoms with Crippen molar-refractivity contribution in [2.24, 2.45) is 0 Å². The summed E-state index contributed by atoms with van der Waals surface area (Å²) in [5.41, 5.74) is 1.93. The Morgan fingerprint density at radius 3 is 2.76 bits per heavy atom. The molecular weight excluding hydrogens is 268 g/mol. The summed E-state index contributed by atoms with van der Waals surface area (Å²) in [4.78, 5) is 23.9. The van der Waals surface area contributed by atoms with Gasteiger partial charge in [0.2, 0.25) is 0 Å². The van der Waals surface area contributed by atoms with Crippen LogP contribution in [0.25, 0.3) is 11.5 Å². The van der Waals surface area contributed by atoms with Crippen LogP contribution >= 0.6 is 0 Å². The molecule has 0 spiro atoms. The zero-order chi connectivity index (χ0) is 14.5. The summed E-state index contributed by atoms with van der Waals surface area (Å²) in [7, 11) is 0. The van der Waals surface area contributed by atoms with E-state index in [4.69, 9.17) is 4.42 Å². The highest BCUT2D eigenvalue weighted by molar-refractivity contribution is 5.91. The van der Waals surface area contributed by atoms with Crippen LogP contribution in [-0.4, -0.2) is 20.9 Å². The number of pyridine rings is 1. The number of hydrogen-bond donors (Lipinski definition) is 1. The van der Waals surface area contributed by atoms with E-state index in [0.717, 1.165) is 11.3 Å². The molecule has 1 amide bonds. The largest absolute Gasteiger partial charge is 0.463 e. The monoisotopic (exact) mass is 280 g/mol. The average molecular weight is 280 g/mol. The average Bonchev–Trinajstić information content (AvgIpc) is 3.08. The van der Waals surface area contributed by atoms with E-state index in [9.17, 15) is 4.79 Å². The number of aromatic nitrogens is 3. The molecule has 0 atom stereocenters. The molecule has 0 bridgehead atoms. The van der Waals surface area contributed by atoms with E-state index in [1.807, 2.05) is 24.3 Å². The molecule has 0 aliphatic carbocycles. The first-order valence-corrected chi connectivity index (χ1v) is 6.36. The lowest BCUT2D eigenvalue weighted by molar-refractivity contribution is 0.0945. The van der Waals surface area contributed by atoms with E-state index in [2.05, 4.69) is 20.3 Å². The van der Waals surface area contributed by atoms with Crippen molar-refractivity contribution in [3.63, 3.8) is 0 Å². The molecule has 0 saturated heterocycles. The summed E-state index contributed by atoms with van der Waals surface area (Å²) in [6.45, 7) is 0.376. The fourth-order valence-electron chi connectivity index (χ4n) is 1.79. The van der Waals surface area contributed by atoms with Crippen LogP contribution in [-0.2, 0) is 6.54 Å². The van der Waals surface area contributed by atoms with Crippen LogP contribution in [0.5, 0.6) is 0 Å². The van der Waals surface area contributed by atoms with Gasteiger partial charge in [-0.2, -0.15) is 0 Å². The normalized spacial score (nSPS) is 10.3. The number of rotatable bonds is 4. The Morgan fingerprint density at radius 1 is 1.14 bits per heavy atom. The highest BCUT2D eigenvalue weighted by Gasteiger charge is 2.07. The molecular formula is C15H12N4O2. The van der Waals surface area contributed by atoms with E-state index in [0.29, 0.717) is 12.3 Å². The van der Waals surface area contributed by atoms with E-state index in [1.54, 1.807) is 12.5 Å². The second-order valence-electron chi connectivity index (χ2n) is 4.30. The van der Waals surface area contributed by atoms with Crippen molar-refractivity contribution >= 4 is 5.91 Å². The Labute approximate surface area is 120 Å². The molecule has 3 rings (SSSR count). The second-order valence-corrected chi connectivity index (χ2v) is 4.30. The minimum atomic E-state index is -0.266. The lowest BCUT2D eigenvalue weighted by Gasteiger charge is -2.04. The van der Waals surface area contributed by atoms with Gasteiger partial charge in [-0.3, -0.25) is 14.8 Å². The van der Waals surface area contributed by atoms with Crippen LogP contribution in [0.2, 0.25) is 0 Å². The maximum Gasteiger partial charge on any atom is 0.271 e. The molecule has 3 aromatic heterocycles. The Morgan fingerprint density at radius 2 is 2.10 bits per heavy atom. The summed E-state index contributed by atoms with van der Waals surface area (Å²) < 4.78 is 5.27. The topological polar surface area (TPSA) is 80.9 Å². The number of amides is 1. The minimum absolute atomic E-state index is 0.266. The summed E-state index contributed by atoms with van der Waals surface area (Å²) >= 11 is 0. The van der Waals surface area contributed by atoms with Crippen LogP contribution in [0, 0.1) is 0 Å². The number of nitrogens with one attached hydrogen (secondary N) is 1. The van der Waals surface area contributed by atoms with Gasteiger partial charge in [-0.25, -0.2) is 4.98 Å². The van der Waals surface area contributed by atoms with Gasteiger partial charge in [-0.05, 0) is 23.8 Å². The van der Waals surface area contributed by atoms with Gasteiger partial charge in [-0.1, -0.05) is 6.07 Å². The molecule has 21 heavy (non-hydrogen) atoms. The summed E-state index contributed by atoms with van der Waals surface area (Å²) in [6.07, 6.45) is 7.73. The first-order valence-electron chi connectivity index (χ1n) is 6.36. The Bertz CT molecular complexity index is 709. The summed E-state index contributed by atoms with van der Waals surface area (Å²) in [5.74, 6) is 0.448. The Balaban J connectivity index is 1.62. The van der Waals surface area contributed by atoms with E-state index >= 15 is 0 Å². The van der Waals surface area contributed by atoms with Gasteiger partial charge in [0.25, 0.3) is 5.91 Å². The van der Waals surface area contributed by atoms with Crippen LogP contribution in [0.1, 0.15) is 16.1 Å². The van der Waals surface area contributed by atoms with Crippen molar-refractivity contribution in [1.82, 2.24) is 20.3 Å². The quantitative estimate of drug-likeness (QED) is 0.791. The second kappa shape index (κ2) is 5.96. The predicted molar refractivity (Wildman–Crippen MR) is 75.1 cm³/mol. The van der Waals surface area contributed by atoms with Crippen molar-refractivity contribution in [2.75, 3.05) is 0 Å². The predicted octanol–water partition coefficient (Wildman–Crippen LogP) is 2.06. The zero-order valence-electron chi connectivity index (χ0n) is 11.1. The smallest absolute Gasteiger partial charge is 0.271 e. The number of hydrogen-bond acceptors (Lipinski definition) is 5. The van der Waals surface area contributed by atoms with Crippen LogP contribution in [0.15, 0.2) is 59.7 Å². The molecule has 104 valence electrons. The van der Waals surface area contributed by atoms with Gasteiger partial charge in [0.15, 0.2) is 5.76 Å². The maximum atomic E-state index is 11.8. The number of carbonyl (C=O) groups is 1. The number of carbonyl (C=O) groups excluding carboxylic acids is 1. The highest BCUT2D eigenvalue weighted by Crippen LogP contribution is 2.16. The first kappa shape index (κ1) is 13.0. The Kier molecular flexibility index (Phi) is 3.68. The summed E-state index contributed by atoms with van der Waals surface area (Å²) in [6, 6.07) is 7.40. The zero-order valence-corrected chi connectivity index (χ0v) is 11.1. The minimum Gasteiger partial charge on any atom is -0.463 e. The van der Waals surface area contributed by atoms with Crippen LogP contribution < -0.4 is 5.32 Å². The summed E-state index contributed by atoms with van der Waals surface area (Å²) in [5, 5.41) is 2.76. The first-order chi connectivity index (χ1) is 10.3. The van der Waals surface area contributed by atoms with Gasteiger partial charge in [0.1, 0.15) is 11.4 Å². The molecule has 0 saturated carbocycles. The fraction of sp³-hybridized carbons (Fsp3) is 0.0667. The molecule has 0 aliphatic rings. The molecule has 0 aliphatic heterocycles. The standard InChI is InChI=1S/C15H12N4O2/c20-15(13-10-16-5-6-17-13)19-9-11-3-4-12(18-8-11)14-2-1-7-21-14/h1-8,10H,9H2,(H,19,20). The van der Waals surface area contributed by atoms with Crippen molar-refractivity contribution in [1.29, 1.82) is 0 Å². The van der Waals surface area contributed by atoms with Gasteiger partial charge >= 0.3 is 0 Å². The van der Waals surface area contributed by atoms with Crippen molar-refractivity contribution in [2.45, 2.75) is 6.54 Å². The molecule has 0 fully saturated rings. The van der Waals surface area contributed by atoms with Gasteiger partial charge in [0, 0.05) is 25.1 Å². The van der Waals surface area contributed by atoms with Crippen molar-refractivity contribution < 1.29 is 9.21 Å². The SMILES string of the molecule is O=C(NCc1ccc(-c2ccco2)nc1)c1cnccn1. The fourth-order valence-corrected chi connectivity index (χ4v) is 1.79. The molecule has 0 unspecified atom stereocenters. The van der Waals surface area contributed by atoms with E-state index in [1.165, 1.54) is 18.6 Å². The lowest BCUT2D eigenvalue weighted by atomic mass is 10.2. The maximum absolute atomic E-state index is 11.8. The van der Waals surface area contributed by atoms with Gasteiger partial charge in [-0.15, -0.1) is 0 Å². The van der Waals surface area contributed by atoms with Gasteiger partial charge in [0.05, 0.1) is 12.5 Å².